The second-order valence-electron chi connectivity index (χ2n) is 3.64. The van der Waals surface area contributed by atoms with Crippen molar-refractivity contribution in [2.45, 2.75) is 44.2 Å². The number of carbonyl (C=O) groups is 1. The molecule has 0 unspecified atom stereocenters. The molecule has 0 bridgehead atoms. The van der Waals surface area contributed by atoms with Gasteiger partial charge in [-0.25, -0.2) is 0 Å². The van der Waals surface area contributed by atoms with E-state index in [0.717, 1.165) is 0 Å². The number of carbonyl (C=O) groups excluding carboxylic acids is 1. The summed E-state index contributed by atoms with van der Waals surface area (Å²) in [4.78, 5) is 10.4. The summed E-state index contributed by atoms with van der Waals surface area (Å²) in [5, 5.41) is -0.375. The summed E-state index contributed by atoms with van der Waals surface area (Å²) in [6.07, 6.45) is -10.1. The number of hydrogen-bond acceptors (Lipinski definition) is 2. The molecule has 0 aliphatic carbocycles. The van der Waals surface area contributed by atoms with Crippen LogP contribution < -0.4 is 0 Å². The summed E-state index contributed by atoms with van der Waals surface area (Å²) in [7, 11) is 0. The molecule has 0 aliphatic heterocycles. The van der Waals surface area contributed by atoms with Gasteiger partial charge in [0.15, 0.2) is 5.12 Å². The van der Waals surface area contributed by atoms with Crippen LogP contribution in [0.4, 0.5) is 30.7 Å². The summed E-state index contributed by atoms with van der Waals surface area (Å²) in [5.74, 6) is -10.0. The third-order valence-electron chi connectivity index (χ3n) is 1.90. The lowest BCUT2D eigenvalue weighted by Crippen LogP contribution is -2.43. The second kappa shape index (κ2) is 6.12. The van der Waals surface area contributed by atoms with E-state index in [1.165, 1.54) is 6.92 Å². The molecule has 0 saturated carbocycles. The molecule has 0 aromatic rings. The largest absolute Gasteiger partial charge is 0.395 e. The molecule has 0 fully saturated rings. The molecule has 0 saturated heterocycles. The van der Waals surface area contributed by atoms with E-state index in [1.807, 2.05) is 0 Å². The zero-order valence-electron chi connectivity index (χ0n) is 9.29. The smallest absolute Gasteiger partial charge is 0.288 e. The molecule has 9 heteroatoms. The molecule has 0 radical (unpaired) electrons. The van der Waals surface area contributed by atoms with Gasteiger partial charge in [-0.1, -0.05) is 11.8 Å². The summed E-state index contributed by atoms with van der Waals surface area (Å²) in [6, 6.07) is 0. The van der Waals surface area contributed by atoms with Gasteiger partial charge in [-0.3, -0.25) is 4.79 Å². The number of halogens is 7. The predicted octanol–water partition coefficient (Wildman–Crippen LogP) is 4.27. The molecule has 1 nitrogen and oxygen atoms in total. The maximum absolute atomic E-state index is 12.9. The lowest BCUT2D eigenvalue weighted by molar-refractivity contribution is -0.265. The van der Waals surface area contributed by atoms with Crippen molar-refractivity contribution in [3.63, 3.8) is 0 Å². The monoisotopic (exact) mass is 300 g/mol. The van der Waals surface area contributed by atoms with E-state index in [2.05, 4.69) is 0 Å². The minimum atomic E-state index is -5.36. The van der Waals surface area contributed by atoms with Gasteiger partial charge >= 0.3 is 18.0 Å². The zero-order chi connectivity index (χ0) is 14.6. The SMILES string of the molecule is CC(=O)SCCCC(F)(F)C(F)(F)CC(F)(F)F. The number of hydrogen-bond donors (Lipinski definition) is 0. The Balaban J connectivity index is 4.37. The lowest BCUT2D eigenvalue weighted by Gasteiger charge is -2.27. The molecule has 0 rings (SSSR count). The van der Waals surface area contributed by atoms with E-state index < -0.39 is 37.3 Å². The minimum absolute atomic E-state index is 0.132. The molecule has 0 atom stereocenters. The van der Waals surface area contributed by atoms with Crippen molar-refractivity contribution in [2.75, 3.05) is 5.75 Å². The minimum Gasteiger partial charge on any atom is -0.288 e. The summed E-state index contributed by atoms with van der Waals surface area (Å²) < 4.78 is 86.4. The summed E-state index contributed by atoms with van der Waals surface area (Å²) >= 11 is 0.656. The van der Waals surface area contributed by atoms with Crippen LogP contribution in [0.2, 0.25) is 0 Å². The maximum Gasteiger partial charge on any atom is 0.395 e. The van der Waals surface area contributed by atoms with Gasteiger partial charge in [0.1, 0.15) is 6.42 Å². The van der Waals surface area contributed by atoms with Gasteiger partial charge in [0.2, 0.25) is 0 Å². The van der Waals surface area contributed by atoms with Gasteiger partial charge in [0.25, 0.3) is 0 Å². The highest BCUT2D eigenvalue weighted by Crippen LogP contribution is 2.44. The molecule has 0 spiro atoms. The molecule has 0 aromatic carbocycles. The summed E-state index contributed by atoms with van der Waals surface area (Å²) in [6.45, 7) is 1.17. The number of thioether (sulfide) groups is 1. The molecule has 0 N–H and O–H groups in total. The highest BCUT2D eigenvalue weighted by molar-refractivity contribution is 8.13. The highest BCUT2D eigenvalue weighted by atomic mass is 32.2. The Kier molecular flexibility index (Phi) is 5.96. The van der Waals surface area contributed by atoms with E-state index in [9.17, 15) is 35.5 Å². The fraction of sp³-hybridized carbons (Fsp3) is 0.889. The maximum atomic E-state index is 12.9. The van der Waals surface area contributed by atoms with E-state index in [0.29, 0.717) is 11.8 Å². The Morgan fingerprint density at radius 1 is 1.00 bits per heavy atom. The zero-order valence-corrected chi connectivity index (χ0v) is 10.1. The Labute approximate surface area is 103 Å². The molecular weight excluding hydrogens is 289 g/mol. The Hall–Kier alpha value is -0.470. The van der Waals surface area contributed by atoms with Gasteiger partial charge in [-0.05, 0) is 6.42 Å². The second-order valence-corrected chi connectivity index (χ2v) is 4.92. The van der Waals surface area contributed by atoms with Crippen LogP contribution in [0.5, 0.6) is 0 Å². The summed E-state index contributed by atoms with van der Waals surface area (Å²) in [5.41, 5.74) is 0. The Morgan fingerprint density at radius 3 is 1.89 bits per heavy atom. The van der Waals surface area contributed by atoms with Crippen LogP contribution in [0, 0.1) is 0 Å². The van der Waals surface area contributed by atoms with Crippen molar-refractivity contribution < 1.29 is 35.5 Å². The first-order valence-electron chi connectivity index (χ1n) is 4.83. The topological polar surface area (TPSA) is 17.1 Å². The van der Waals surface area contributed by atoms with Crippen LogP contribution >= 0.6 is 11.8 Å². The van der Waals surface area contributed by atoms with Crippen LogP contribution in [0.15, 0.2) is 0 Å². The first-order chi connectivity index (χ1) is 7.87. The first kappa shape index (κ1) is 17.5. The van der Waals surface area contributed by atoms with E-state index in [-0.39, 0.29) is 10.9 Å². The van der Waals surface area contributed by atoms with Gasteiger partial charge in [0.05, 0.1) is 0 Å². The van der Waals surface area contributed by atoms with Gasteiger partial charge in [-0.15, -0.1) is 0 Å². The van der Waals surface area contributed by atoms with E-state index in [4.69, 9.17) is 0 Å². The average Bonchev–Trinajstić information content (AvgIpc) is 2.07. The van der Waals surface area contributed by atoms with Crippen molar-refractivity contribution in [1.82, 2.24) is 0 Å². The van der Waals surface area contributed by atoms with Crippen LogP contribution in [0.25, 0.3) is 0 Å². The molecule has 108 valence electrons. The first-order valence-corrected chi connectivity index (χ1v) is 5.82. The quantitative estimate of drug-likeness (QED) is 0.538. The van der Waals surface area contributed by atoms with Crippen molar-refractivity contribution >= 4 is 16.9 Å². The van der Waals surface area contributed by atoms with Crippen molar-refractivity contribution in [2.24, 2.45) is 0 Å². The van der Waals surface area contributed by atoms with Crippen LogP contribution in [-0.2, 0) is 4.79 Å². The fourth-order valence-corrected chi connectivity index (χ4v) is 1.65. The Morgan fingerprint density at radius 2 is 1.50 bits per heavy atom. The molecule has 18 heavy (non-hydrogen) atoms. The van der Waals surface area contributed by atoms with Gasteiger partial charge in [-0.2, -0.15) is 30.7 Å². The third-order valence-corrected chi connectivity index (χ3v) is 2.80. The standard InChI is InChI=1S/C9H11F7OS/c1-6(17)18-4-2-3-7(10,11)8(12,13)5-9(14,15)16/h2-5H2,1H3. The molecular formula is C9H11F7OS. The Bertz CT molecular complexity index is 287. The van der Waals surface area contributed by atoms with Gasteiger partial charge < -0.3 is 0 Å². The third kappa shape index (κ3) is 6.46. The van der Waals surface area contributed by atoms with Crippen LogP contribution in [-0.4, -0.2) is 28.9 Å². The molecule has 0 heterocycles. The molecule has 0 amide bonds. The number of rotatable bonds is 6. The van der Waals surface area contributed by atoms with E-state index in [1.54, 1.807) is 0 Å². The average molecular weight is 300 g/mol. The molecule has 0 aliphatic rings. The number of alkyl halides is 7. The lowest BCUT2D eigenvalue weighted by atomic mass is 10.0. The van der Waals surface area contributed by atoms with Crippen molar-refractivity contribution in [3.05, 3.63) is 0 Å². The van der Waals surface area contributed by atoms with Gasteiger partial charge in [0, 0.05) is 19.1 Å². The van der Waals surface area contributed by atoms with Crippen LogP contribution in [0.3, 0.4) is 0 Å². The fourth-order valence-electron chi connectivity index (χ4n) is 1.07. The predicted molar refractivity (Wildman–Crippen MR) is 52.9 cm³/mol. The van der Waals surface area contributed by atoms with Crippen molar-refractivity contribution in [1.29, 1.82) is 0 Å². The highest BCUT2D eigenvalue weighted by Gasteiger charge is 2.60. The van der Waals surface area contributed by atoms with Crippen molar-refractivity contribution in [3.8, 4) is 0 Å². The van der Waals surface area contributed by atoms with E-state index >= 15 is 0 Å². The molecule has 0 aromatic heterocycles. The van der Waals surface area contributed by atoms with Crippen LogP contribution in [0.1, 0.15) is 26.2 Å². The normalized spacial score (nSPS) is 13.8.